The average molecular weight is 254 g/mol. The number of hydrogen-bond donors (Lipinski definition) is 1. The third kappa shape index (κ3) is 2.93. The summed E-state index contributed by atoms with van der Waals surface area (Å²) in [6.45, 7) is 4.50. The number of benzene rings is 1. The van der Waals surface area contributed by atoms with Crippen molar-refractivity contribution in [1.29, 1.82) is 0 Å². The van der Waals surface area contributed by atoms with Crippen LogP contribution >= 0.6 is 0 Å². The summed E-state index contributed by atoms with van der Waals surface area (Å²) < 4.78 is 5.51. The second kappa shape index (κ2) is 5.41. The molecule has 0 spiro atoms. The van der Waals surface area contributed by atoms with Crippen LogP contribution in [0.5, 0.6) is 5.75 Å². The fraction of sp³-hybridized carbons (Fsp3) is 0.312. The van der Waals surface area contributed by atoms with Crippen LogP contribution in [0, 0.1) is 6.92 Å². The lowest BCUT2D eigenvalue weighted by atomic mass is 10.1. The molecule has 1 aliphatic rings. The summed E-state index contributed by atoms with van der Waals surface area (Å²) in [4.78, 5) is 4.48. The molecule has 2 aromatic rings. The van der Waals surface area contributed by atoms with E-state index in [1.165, 1.54) is 11.1 Å². The van der Waals surface area contributed by atoms with Gasteiger partial charge in [0.15, 0.2) is 0 Å². The summed E-state index contributed by atoms with van der Waals surface area (Å²) in [5.41, 5.74) is 4.78. The van der Waals surface area contributed by atoms with Crippen LogP contribution in [0.3, 0.4) is 0 Å². The summed E-state index contributed by atoms with van der Waals surface area (Å²) >= 11 is 0. The van der Waals surface area contributed by atoms with Crippen molar-refractivity contribution < 1.29 is 4.74 Å². The van der Waals surface area contributed by atoms with Crippen molar-refractivity contribution in [3.63, 3.8) is 0 Å². The molecule has 1 aliphatic heterocycles. The molecule has 98 valence electrons. The Balaban J connectivity index is 1.58. The van der Waals surface area contributed by atoms with Gasteiger partial charge in [0.05, 0.1) is 12.3 Å². The number of ether oxygens (including phenoxy) is 1. The molecule has 0 bridgehead atoms. The molecule has 3 rings (SSSR count). The molecule has 3 heteroatoms. The quantitative estimate of drug-likeness (QED) is 0.910. The summed E-state index contributed by atoms with van der Waals surface area (Å²) in [5, 5.41) is 3.43. The Morgan fingerprint density at radius 2 is 2.16 bits per heavy atom. The van der Waals surface area contributed by atoms with Crippen LogP contribution in [-0.4, -0.2) is 11.6 Å². The van der Waals surface area contributed by atoms with E-state index in [0.29, 0.717) is 0 Å². The van der Waals surface area contributed by atoms with E-state index in [1.54, 1.807) is 0 Å². The molecule has 1 aromatic carbocycles. The van der Waals surface area contributed by atoms with Gasteiger partial charge in [0.25, 0.3) is 0 Å². The maximum Gasteiger partial charge on any atom is 0.122 e. The van der Waals surface area contributed by atoms with Crippen molar-refractivity contribution in [3.05, 3.63) is 58.9 Å². The standard InChI is InChI=1S/C16H18N2O/c1-12-3-2-4-15(18-12)11-17-10-13-5-6-16-14(9-13)7-8-19-16/h2-6,9,17H,7-8,10-11H2,1H3. The number of nitrogens with one attached hydrogen (secondary N) is 1. The van der Waals surface area contributed by atoms with Crippen LogP contribution in [0.1, 0.15) is 22.5 Å². The molecule has 0 unspecified atom stereocenters. The van der Waals surface area contributed by atoms with E-state index in [9.17, 15) is 0 Å². The number of aromatic nitrogens is 1. The van der Waals surface area contributed by atoms with Gasteiger partial charge in [-0.3, -0.25) is 4.98 Å². The van der Waals surface area contributed by atoms with Gasteiger partial charge in [-0.05, 0) is 36.2 Å². The normalized spacial score (nSPS) is 13.1. The van der Waals surface area contributed by atoms with Crippen molar-refractivity contribution in [2.75, 3.05) is 6.61 Å². The van der Waals surface area contributed by atoms with Crippen molar-refractivity contribution in [1.82, 2.24) is 10.3 Å². The number of pyridine rings is 1. The smallest absolute Gasteiger partial charge is 0.122 e. The van der Waals surface area contributed by atoms with E-state index in [4.69, 9.17) is 4.74 Å². The molecule has 0 amide bonds. The number of nitrogens with zero attached hydrogens (tertiary/aromatic N) is 1. The first-order valence-corrected chi connectivity index (χ1v) is 6.69. The third-order valence-corrected chi connectivity index (χ3v) is 3.34. The Kier molecular flexibility index (Phi) is 3.47. The predicted octanol–water partition coefficient (Wildman–Crippen LogP) is 2.61. The highest BCUT2D eigenvalue weighted by Crippen LogP contribution is 2.25. The van der Waals surface area contributed by atoms with E-state index in [-0.39, 0.29) is 0 Å². The van der Waals surface area contributed by atoms with Gasteiger partial charge in [0, 0.05) is 25.2 Å². The fourth-order valence-electron chi connectivity index (χ4n) is 2.38. The molecular formula is C16H18N2O. The third-order valence-electron chi connectivity index (χ3n) is 3.34. The van der Waals surface area contributed by atoms with Gasteiger partial charge >= 0.3 is 0 Å². The highest BCUT2D eigenvalue weighted by atomic mass is 16.5. The number of rotatable bonds is 4. The van der Waals surface area contributed by atoms with Crippen molar-refractivity contribution >= 4 is 0 Å². The highest BCUT2D eigenvalue weighted by Gasteiger charge is 2.11. The van der Waals surface area contributed by atoms with Gasteiger partial charge < -0.3 is 10.1 Å². The minimum absolute atomic E-state index is 0.801. The number of fused-ring (bicyclic) bond motifs is 1. The van der Waals surface area contributed by atoms with Crippen LogP contribution in [0.15, 0.2) is 36.4 Å². The van der Waals surface area contributed by atoms with Crippen LogP contribution in [-0.2, 0) is 19.5 Å². The minimum Gasteiger partial charge on any atom is -0.493 e. The molecule has 19 heavy (non-hydrogen) atoms. The van der Waals surface area contributed by atoms with Gasteiger partial charge in [0.1, 0.15) is 5.75 Å². The zero-order chi connectivity index (χ0) is 13.1. The van der Waals surface area contributed by atoms with E-state index in [1.807, 2.05) is 19.1 Å². The predicted molar refractivity (Wildman–Crippen MR) is 75.2 cm³/mol. The Bertz CT molecular complexity index is 581. The molecule has 0 fully saturated rings. The van der Waals surface area contributed by atoms with E-state index in [2.05, 4.69) is 34.6 Å². The van der Waals surface area contributed by atoms with Crippen molar-refractivity contribution in [2.24, 2.45) is 0 Å². The number of hydrogen-bond acceptors (Lipinski definition) is 3. The fourth-order valence-corrected chi connectivity index (χ4v) is 2.38. The molecule has 0 saturated carbocycles. The van der Waals surface area contributed by atoms with Gasteiger partial charge in [-0.25, -0.2) is 0 Å². The minimum atomic E-state index is 0.801. The van der Waals surface area contributed by atoms with Gasteiger partial charge in [0.2, 0.25) is 0 Å². The van der Waals surface area contributed by atoms with Crippen LogP contribution in [0.25, 0.3) is 0 Å². The summed E-state index contributed by atoms with van der Waals surface area (Å²) in [7, 11) is 0. The second-order valence-corrected chi connectivity index (χ2v) is 4.91. The maximum absolute atomic E-state index is 5.51. The number of aryl methyl sites for hydroxylation is 1. The zero-order valence-electron chi connectivity index (χ0n) is 11.1. The maximum atomic E-state index is 5.51. The van der Waals surface area contributed by atoms with Crippen LogP contribution in [0.4, 0.5) is 0 Å². The van der Waals surface area contributed by atoms with Crippen LogP contribution < -0.4 is 10.1 Å². The second-order valence-electron chi connectivity index (χ2n) is 4.91. The Labute approximate surface area is 113 Å². The lowest BCUT2D eigenvalue weighted by molar-refractivity contribution is 0.357. The van der Waals surface area contributed by atoms with Gasteiger partial charge in [-0.15, -0.1) is 0 Å². The molecule has 1 aromatic heterocycles. The van der Waals surface area contributed by atoms with Crippen molar-refractivity contribution in [3.8, 4) is 5.75 Å². The first-order valence-electron chi connectivity index (χ1n) is 6.69. The van der Waals surface area contributed by atoms with E-state index in [0.717, 1.165) is 43.3 Å². The van der Waals surface area contributed by atoms with Crippen molar-refractivity contribution in [2.45, 2.75) is 26.4 Å². The largest absolute Gasteiger partial charge is 0.493 e. The van der Waals surface area contributed by atoms with Gasteiger partial charge in [-0.2, -0.15) is 0 Å². The highest BCUT2D eigenvalue weighted by molar-refractivity contribution is 5.39. The molecule has 0 atom stereocenters. The van der Waals surface area contributed by atoms with Gasteiger partial charge in [-0.1, -0.05) is 18.2 Å². The molecule has 0 aliphatic carbocycles. The zero-order valence-corrected chi connectivity index (χ0v) is 11.1. The molecule has 1 N–H and O–H groups in total. The Morgan fingerprint density at radius 3 is 3.05 bits per heavy atom. The first-order chi connectivity index (χ1) is 9.31. The first kappa shape index (κ1) is 12.2. The SMILES string of the molecule is Cc1cccc(CNCc2ccc3c(c2)CCO3)n1. The monoisotopic (exact) mass is 254 g/mol. The Hall–Kier alpha value is -1.87. The van der Waals surface area contributed by atoms with Crippen LogP contribution in [0.2, 0.25) is 0 Å². The lowest BCUT2D eigenvalue weighted by Gasteiger charge is -2.07. The summed E-state index contributed by atoms with van der Waals surface area (Å²) in [6.07, 6.45) is 1.03. The average Bonchev–Trinajstić information content (AvgIpc) is 2.86. The van der Waals surface area contributed by atoms with E-state index < -0.39 is 0 Å². The Morgan fingerprint density at radius 1 is 1.21 bits per heavy atom. The topological polar surface area (TPSA) is 34.1 Å². The molecule has 0 saturated heterocycles. The van der Waals surface area contributed by atoms with E-state index >= 15 is 0 Å². The molecule has 0 radical (unpaired) electrons. The summed E-state index contributed by atoms with van der Waals surface area (Å²) in [6, 6.07) is 12.6. The molecular weight excluding hydrogens is 236 g/mol. The molecule has 3 nitrogen and oxygen atoms in total. The molecule has 2 heterocycles. The summed E-state index contributed by atoms with van der Waals surface area (Å²) in [5.74, 6) is 1.05. The lowest BCUT2D eigenvalue weighted by Crippen LogP contribution is -2.13.